The summed E-state index contributed by atoms with van der Waals surface area (Å²) >= 11 is 1.49. The highest BCUT2D eigenvalue weighted by atomic mass is 32.1. The van der Waals surface area contributed by atoms with Crippen LogP contribution in [-0.4, -0.2) is 26.4 Å². The minimum atomic E-state index is -0.214. The predicted octanol–water partition coefficient (Wildman–Crippen LogP) is 3.00. The summed E-state index contributed by atoms with van der Waals surface area (Å²) in [6.07, 6.45) is -0.214. The largest absolute Gasteiger partial charge is 0.485 e. The van der Waals surface area contributed by atoms with Crippen molar-refractivity contribution in [3.63, 3.8) is 0 Å². The van der Waals surface area contributed by atoms with Crippen LogP contribution in [0.2, 0.25) is 0 Å². The van der Waals surface area contributed by atoms with Gasteiger partial charge in [0.05, 0.1) is 0 Å². The molecule has 1 aliphatic rings. The van der Waals surface area contributed by atoms with Crippen LogP contribution in [0, 0.1) is 0 Å². The van der Waals surface area contributed by atoms with Gasteiger partial charge in [0, 0.05) is 5.41 Å². The predicted molar refractivity (Wildman–Crippen MR) is 82.7 cm³/mol. The third kappa shape index (κ3) is 2.12. The molecule has 2 aromatic heterocycles. The lowest BCUT2D eigenvalue weighted by Crippen LogP contribution is -2.22. The number of benzene rings is 1. The number of nitrogens with zero attached hydrogens (tertiary/aromatic N) is 4. The molecule has 0 unspecified atom stereocenters. The minimum absolute atomic E-state index is 0.110. The maximum atomic E-state index is 6.00. The number of para-hydroxylation sites is 2. The Labute approximate surface area is 131 Å². The van der Waals surface area contributed by atoms with Crippen molar-refractivity contribution in [1.82, 2.24) is 19.8 Å². The number of fused-ring (bicyclic) bond motifs is 2. The number of hydrogen-bond acceptors (Lipinski definition) is 6. The molecule has 1 aliphatic heterocycles. The minimum Gasteiger partial charge on any atom is -0.485 e. The molecule has 0 spiro atoms. The lowest BCUT2D eigenvalue weighted by Gasteiger charge is -2.24. The van der Waals surface area contributed by atoms with E-state index >= 15 is 0 Å². The fourth-order valence-electron chi connectivity index (χ4n) is 2.37. The fourth-order valence-corrected chi connectivity index (χ4v) is 3.22. The van der Waals surface area contributed by atoms with Crippen molar-refractivity contribution in [2.75, 3.05) is 6.61 Å². The standard InChI is InChI=1S/C15H16N4O2S/c1-15(2,3)13-16-17-14-19(13)18-12(22-14)11-8-20-9-6-4-5-7-10(9)21-11/h4-7,11H,8H2,1-3H3/t11-/m0/s1. The Morgan fingerprint density at radius 3 is 2.73 bits per heavy atom. The summed E-state index contributed by atoms with van der Waals surface area (Å²) in [5, 5.41) is 13.9. The summed E-state index contributed by atoms with van der Waals surface area (Å²) in [5.41, 5.74) is -0.110. The lowest BCUT2D eigenvalue weighted by molar-refractivity contribution is 0.0904. The van der Waals surface area contributed by atoms with Gasteiger partial charge >= 0.3 is 0 Å². The molecule has 0 fully saturated rings. The first-order valence-corrected chi connectivity index (χ1v) is 7.95. The summed E-state index contributed by atoms with van der Waals surface area (Å²) in [6, 6.07) is 7.67. The zero-order valence-corrected chi connectivity index (χ0v) is 13.4. The van der Waals surface area contributed by atoms with Crippen molar-refractivity contribution in [3.8, 4) is 11.5 Å². The van der Waals surface area contributed by atoms with Crippen LogP contribution in [0.4, 0.5) is 0 Å². The van der Waals surface area contributed by atoms with Gasteiger partial charge in [0.15, 0.2) is 28.4 Å². The third-order valence-electron chi connectivity index (χ3n) is 3.46. The number of aromatic nitrogens is 4. The molecule has 1 atom stereocenters. The van der Waals surface area contributed by atoms with Crippen molar-refractivity contribution in [2.24, 2.45) is 0 Å². The second kappa shape index (κ2) is 4.67. The second-order valence-electron chi connectivity index (χ2n) is 6.27. The van der Waals surface area contributed by atoms with Crippen LogP contribution in [0.5, 0.6) is 11.5 Å². The Kier molecular flexibility index (Phi) is 2.87. The van der Waals surface area contributed by atoms with E-state index in [4.69, 9.17) is 9.47 Å². The molecule has 4 rings (SSSR count). The average Bonchev–Trinajstić information content (AvgIpc) is 3.05. The van der Waals surface area contributed by atoms with E-state index in [2.05, 4.69) is 36.1 Å². The third-order valence-corrected chi connectivity index (χ3v) is 4.45. The van der Waals surface area contributed by atoms with Gasteiger partial charge in [-0.1, -0.05) is 44.2 Å². The van der Waals surface area contributed by atoms with Crippen LogP contribution < -0.4 is 9.47 Å². The molecule has 0 N–H and O–H groups in total. The molecular formula is C15H16N4O2S. The topological polar surface area (TPSA) is 61.5 Å². The first kappa shape index (κ1) is 13.5. The normalized spacial score (nSPS) is 17.9. The van der Waals surface area contributed by atoms with Crippen molar-refractivity contribution in [3.05, 3.63) is 35.1 Å². The van der Waals surface area contributed by atoms with Crippen molar-refractivity contribution < 1.29 is 9.47 Å². The molecule has 0 saturated heterocycles. The van der Waals surface area contributed by atoms with Crippen LogP contribution in [0.15, 0.2) is 24.3 Å². The van der Waals surface area contributed by atoms with E-state index < -0.39 is 0 Å². The van der Waals surface area contributed by atoms with Gasteiger partial charge in [0.1, 0.15) is 6.61 Å². The number of hydrogen-bond donors (Lipinski definition) is 0. The van der Waals surface area contributed by atoms with E-state index in [1.807, 2.05) is 28.8 Å². The van der Waals surface area contributed by atoms with Gasteiger partial charge in [-0.05, 0) is 12.1 Å². The molecule has 0 saturated carbocycles. The Morgan fingerprint density at radius 2 is 1.95 bits per heavy atom. The van der Waals surface area contributed by atoms with Crippen LogP contribution in [0.25, 0.3) is 4.96 Å². The molecule has 0 bridgehead atoms. The maximum Gasteiger partial charge on any atom is 0.234 e. The molecule has 3 aromatic rings. The highest BCUT2D eigenvalue weighted by molar-refractivity contribution is 7.16. The van der Waals surface area contributed by atoms with Gasteiger partial charge < -0.3 is 9.47 Å². The molecule has 6 nitrogen and oxygen atoms in total. The average molecular weight is 316 g/mol. The summed E-state index contributed by atoms with van der Waals surface area (Å²) < 4.78 is 13.6. The van der Waals surface area contributed by atoms with Crippen LogP contribution >= 0.6 is 11.3 Å². The summed E-state index contributed by atoms with van der Waals surface area (Å²) in [7, 11) is 0. The first-order valence-electron chi connectivity index (χ1n) is 7.13. The van der Waals surface area contributed by atoms with Gasteiger partial charge in [-0.15, -0.1) is 10.2 Å². The van der Waals surface area contributed by atoms with Crippen LogP contribution in [-0.2, 0) is 5.41 Å². The van der Waals surface area contributed by atoms with E-state index in [-0.39, 0.29) is 11.5 Å². The molecule has 0 radical (unpaired) electrons. The van der Waals surface area contributed by atoms with Crippen molar-refractivity contribution in [2.45, 2.75) is 32.3 Å². The molecule has 0 aliphatic carbocycles. The number of ether oxygens (including phenoxy) is 2. The highest BCUT2D eigenvalue weighted by Gasteiger charge is 2.29. The summed E-state index contributed by atoms with van der Waals surface area (Å²) in [4.78, 5) is 0.780. The van der Waals surface area contributed by atoms with E-state index in [1.54, 1.807) is 0 Å². The van der Waals surface area contributed by atoms with Gasteiger partial charge in [0.25, 0.3) is 0 Å². The zero-order valence-electron chi connectivity index (χ0n) is 12.6. The van der Waals surface area contributed by atoms with E-state index in [1.165, 1.54) is 11.3 Å². The molecule has 7 heteroatoms. The summed E-state index contributed by atoms with van der Waals surface area (Å²) in [6.45, 7) is 6.74. The Hall–Kier alpha value is -2.15. The SMILES string of the molecule is CC(C)(C)c1nnc2sc([C@@H]3COc4ccccc4O3)nn12. The lowest BCUT2D eigenvalue weighted by atomic mass is 9.96. The van der Waals surface area contributed by atoms with E-state index in [9.17, 15) is 0 Å². The molecular weight excluding hydrogens is 300 g/mol. The van der Waals surface area contributed by atoms with Gasteiger partial charge in [0.2, 0.25) is 4.96 Å². The zero-order chi connectivity index (χ0) is 15.3. The molecule has 0 amide bonds. The first-order chi connectivity index (χ1) is 10.5. The smallest absolute Gasteiger partial charge is 0.234 e. The van der Waals surface area contributed by atoms with Crippen LogP contribution in [0.3, 0.4) is 0 Å². The second-order valence-corrected chi connectivity index (χ2v) is 7.26. The molecule has 3 heterocycles. The summed E-state index contributed by atoms with van der Waals surface area (Å²) in [5.74, 6) is 2.38. The Balaban J connectivity index is 1.70. The molecule has 114 valence electrons. The maximum absolute atomic E-state index is 6.00. The monoisotopic (exact) mass is 316 g/mol. The van der Waals surface area contributed by atoms with E-state index in [0.29, 0.717) is 6.61 Å². The van der Waals surface area contributed by atoms with Crippen molar-refractivity contribution >= 4 is 16.3 Å². The highest BCUT2D eigenvalue weighted by Crippen LogP contribution is 2.37. The quantitative estimate of drug-likeness (QED) is 0.690. The van der Waals surface area contributed by atoms with E-state index in [0.717, 1.165) is 27.3 Å². The van der Waals surface area contributed by atoms with Gasteiger partial charge in [-0.25, -0.2) is 0 Å². The Morgan fingerprint density at radius 1 is 1.18 bits per heavy atom. The van der Waals surface area contributed by atoms with Crippen molar-refractivity contribution in [1.29, 1.82) is 0 Å². The van der Waals surface area contributed by atoms with Gasteiger partial charge in [-0.2, -0.15) is 9.61 Å². The molecule has 22 heavy (non-hydrogen) atoms. The van der Waals surface area contributed by atoms with Crippen LogP contribution in [0.1, 0.15) is 37.7 Å². The Bertz CT molecular complexity index is 834. The van der Waals surface area contributed by atoms with Gasteiger partial charge in [-0.3, -0.25) is 0 Å². The fraction of sp³-hybridized carbons (Fsp3) is 0.400. The molecule has 1 aromatic carbocycles. The number of rotatable bonds is 1.